The first-order chi connectivity index (χ1) is 8.69. The predicted molar refractivity (Wildman–Crippen MR) is 68.0 cm³/mol. The lowest BCUT2D eigenvalue weighted by atomic mass is 10.0. The Kier molecular flexibility index (Phi) is 4.72. The average molecular weight is 253 g/mol. The fourth-order valence-corrected chi connectivity index (χ4v) is 2.45. The quantitative estimate of drug-likeness (QED) is 0.864. The Morgan fingerprint density at radius 1 is 1.44 bits per heavy atom. The van der Waals surface area contributed by atoms with E-state index in [2.05, 4.69) is 28.9 Å². The van der Waals surface area contributed by atoms with Crippen LogP contribution >= 0.6 is 0 Å². The maximum absolute atomic E-state index is 9.36. The molecule has 102 valence electrons. The summed E-state index contributed by atoms with van der Waals surface area (Å²) in [6, 6.07) is 0.249. The van der Waals surface area contributed by atoms with Gasteiger partial charge in [0.2, 0.25) is 5.89 Å². The second-order valence-corrected chi connectivity index (χ2v) is 5.50. The molecule has 1 saturated heterocycles. The van der Waals surface area contributed by atoms with E-state index in [0.717, 1.165) is 25.2 Å². The van der Waals surface area contributed by atoms with Gasteiger partial charge in [0.1, 0.15) is 0 Å². The summed E-state index contributed by atoms with van der Waals surface area (Å²) in [7, 11) is 0. The van der Waals surface area contributed by atoms with E-state index in [-0.39, 0.29) is 12.6 Å². The van der Waals surface area contributed by atoms with Crippen molar-refractivity contribution in [2.75, 3.05) is 13.2 Å². The van der Waals surface area contributed by atoms with Crippen LogP contribution in [0, 0.1) is 5.92 Å². The van der Waals surface area contributed by atoms with Crippen LogP contribution < -0.4 is 0 Å². The molecule has 0 aliphatic carbocycles. The van der Waals surface area contributed by atoms with E-state index in [4.69, 9.17) is 4.52 Å². The Balaban J connectivity index is 1.93. The first-order valence-electron chi connectivity index (χ1n) is 6.85. The van der Waals surface area contributed by atoms with Crippen molar-refractivity contribution in [3.8, 4) is 0 Å². The largest absolute Gasteiger partial charge is 0.395 e. The number of hydrogen-bond acceptors (Lipinski definition) is 5. The highest BCUT2D eigenvalue weighted by atomic mass is 16.5. The van der Waals surface area contributed by atoms with Crippen LogP contribution in [0.5, 0.6) is 0 Å². The van der Waals surface area contributed by atoms with Crippen molar-refractivity contribution in [1.82, 2.24) is 15.0 Å². The molecule has 1 unspecified atom stereocenters. The molecule has 1 aliphatic rings. The van der Waals surface area contributed by atoms with Gasteiger partial charge in [-0.1, -0.05) is 25.4 Å². The Hall–Kier alpha value is -0.940. The summed E-state index contributed by atoms with van der Waals surface area (Å²) in [5.74, 6) is 2.00. The molecule has 1 aliphatic heterocycles. The lowest BCUT2D eigenvalue weighted by Crippen LogP contribution is -2.41. The Morgan fingerprint density at radius 2 is 2.28 bits per heavy atom. The molecule has 2 rings (SSSR count). The van der Waals surface area contributed by atoms with Gasteiger partial charge in [0, 0.05) is 12.5 Å². The molecule has 18 heavy (non-hydrogen) atoms. The van der Waals surface area contributed by atoms with Gasteiger partial charge in [-0.2, -0.15) is 4.98 Å². The average Bonchev–Trinajstić information content (AvgIpc) is 2.76. The molecule has 0 aromatic carbocycles. The minimum atomic E-state index is 0.215. The summed E-state index contributed by atoms with van der Waals surface area (Å²) in [4.78, 5) is 6.66. The van der Waals surface area contributed by atoms with Gasteiger partial charge in [0.15, 0.2) is 5.82 Å². The molecule has 5 nitrogen and oxygen atoms in total. The number of hydrogen-bond donors (Lipinski definition) is 1. The highest BCUT2D eigenvalue weighted by molar-refractivity contribution is 4.89. The van der Waals surface area contributed by atoms with Crippen LogP contribution in [0.15, 0.2) is 4.52 Å². The van der Waals surface area contributed by atoms with Crippen molar-refractivity contribution in [2.45, 2.75) is 52.1 Å². The summed E-state index contributed by atoms with van der Waals surface area (Å²) in [5.41, 5.74) is 0. The second-order valence-electron chi connectivity index (χ2n) is 5.50. The smallest absolute Gasteiger partial charge is 0.240 e. The third kappa shape index (κ3) is 3.53. The topological polar surface area (TPSA) is 62.4 Å². The third-order valence-corrected chi connectivity index (χ3v) is 3.40. The van der Waals surface area contributed by atoms with E-state index >= 15 is 0 Å². The van der Waals surface area contributed by atoms with Gasteiger partial charge in [-0.15, -0.1) is 0 Å². The van der Waals surface area contributed by atoms with E-state index in [9.17, 15) is 5.11 Å². The van der Waals surface area contributed by atoms with Gasteiger partial charge in [0.25, 0.3) is 0 Å². The minimum Gasteiger partial charge on any atom is -0.395 e. The zero-order chi connectivity index (χ0) is 13.0. The SMILES string of the molecule is CC(C)Cc1noc(CN2CCCCC2CO)n1. The maximum atomic E-state index is 9.36. The molecule has 1 aromatic rings. The van der Waals surface area contributed by atoms with Crippen molar-refractivity contribution >= 4 is 0 Å². The van der Waals surface area contributed by atoms with Crippen LogP contribution in [-0.4, -0.2) is 39.3 Å². The molecule has 0 amide bonds. The van der Waals surface area contributed by atoms with Crippen molar-refractivity contribution in [3.05, 3.63) is 11.7 Å². The molecule has 0 saturated carbocycles. The predicted octanol–water partition coefficient (Wildman–Crippen LogP) is 1.61. The molecule has 1 aromatic heterocycles. The number of aliphatic hydroxyl groups excluding tert-OH is 1. The van der Waals surface area contributed by atoms with Gasteiger partial charge in [-0.3, -0.25) is 4.90 Å². The lowest BCUT2D eigenvalue weighted by molar-refractivity contribution is 0.0749. The molecule has 1 N–H and O–H groups in total. The van der Waals surface area contributed by atoms with Crippen molar-refractivity contribution in [2.24, 2.45) is 5.92 Å². The number of nitrogens with zero attached hydrogens (tertiary/aromatic N) is 3. The van der Waals surface area contributed by atoms with Gasteiger partial charge in [-0.25, -0.2) is 0 Å². The van der Waals surface area contributed by atoms with Crippen LogP contribution in [0.1, 0.15) is 44.8 Å². The van der Waals surface area contributed by atoms with E-state index < -0.39 is 0 Å². The standard InChI is InChI=1S/C13H23N3O2/c1-10(2)7-12-14-13(18-15-12)8-16-6-4-3-5-11(16)9-17/h10-11,17H,3-9H2,1-2H3. The van der Waals surface area contributed by atoms with Crippen LogP contribution in [0.4, 0.5) is 0 Å². The molecule has 1 fully saturated rings. The van der Waals surface area contributed by atoms with Gasteiger partial charge in [0.05, 0.1) is 13.2 Å². The third-order valence-electron chi connectivity index (χ3n) is 3.40. The van der Waals surface area contributed by atoms with Crippen LogP contribution in [0.2, 0.25) is 0 Å². The molecular formula is C13H23N3O2. The number of piperidine rings is 1. The number of likely N-dealkylation sites (tertiary alicyclic amines) is 1. The number of rotatable bonds is 5. The summed E-state index contributed by atoms with van der Waals surface area (Å²) < 4.78 is 5.28. The Bertz CT molecular complexity index is 365. The molecule has 2 heterocycles. The summed E-state index contributed by atoms with van der Waals surface area (Å²) >= 11 is 0. The molecule has 0 spiro atoms. The van der Waals surface area contributed by atoms with Crippen molar-refractivity contribution in [1.29, 1.82) is 0 Å². The minimum absolute atomic E-state index is 0.215. The maximum Gasteiger partial charge on any atom is 0.240 e. The molecule has 5 heteroatoms. The van der Waals surface area contributed by atoms with Gasteiger partial charge in [-0.05, 0) is 25.3 Å². The van der Waals surface area contributed by atoms with Crippen LogP contribution in [0.3, 0.4) is 0 Å². The summed E-state index contributed by atoms with van der Waals surface area (Å²) in [6.45, 7) is 6.17. The van der Waals surface area contributed by atoms with Crippen molar-refractivity contribution in [3.63, 3.8) is 0 Å². The first-order valence-corrected chi connectivity index (χ1v) is 6.85. The summed E-state index contributed by atoms with van der Waals surface area (Å²) in [6.07, 6.45) is 4.30. The lowest BCUT2D eigenvalue weighted by Gasteiger charge is -2.33. The first kappa shape index (κ1) is 13.5. The molecule has 0 bridgehead atoms. The van der Waals surface area contributed by atoms with Crippen molar-refractivity contribution < 1.29 is 9.63 Å². The van der Waals surface area contributed by atoms with Crippen LogP contribution in [0.25, 0.3) is 0 Å². The van der Waals surface area contributed by atoms with E-state index in [1.165, 1.54) is 12.8 Å². The zero-order valence-corrected chi connectivity index (χ0v) is 11.3. The molecular weight excluding hydrogens is 230 g/mol. The molecule has 1 atom stereocenters. The monoisotopic (exact) mass is 253 g/mol. The van der Waals surface area contributed by atoms with E-state index in [0.29, 0.717) is 18.4 Å². The fourth-order valence-electron chi connectivity index (χ4n) is 2.45. The van der Waals surface area contributed by atoms with E-state index in [1.54, 1.807) is 0 Å². The number of aromatic nitrogens is 2. The van der Waals surface area contributed by atoms with Crippen LogP contribution in [-0.2, 0) is 13.0 Å². The zero-order valence-electron chi connectivity index (χ0n) is 11.3. The molecule has 0 radical (unpaired) electrons. The Labute approximate surface area is 108 Å². The Morgan fingerprint density at radius 3 is 3.00 bits per heavy atom. The van der Waals surface area contributed by atoms with E-state index in [1.807, 2.05) is 0 Å². The summed E-state index contributed by atoms with van der Waals surface area (Å²) in [5, 5.41) is 13.4. The normalized spacial score (nSPS) is 21.7. The number of aliphatic hydroxyl groups is 1. The highest BCUT2D eigenvalue weighted by Gasteiger charge is 2.23. The fraction of sp³-hybridized carbons (Fsp3) is 0.846. The second kappa shape index (κ2) is 6.29. The van der Waals surface area contributed by atoms with Gasteiger partial charge >= 0.3 is 0 Å². The highest BCUT2D eigenvalue weighted by Crippen LogP contribution is 2.18. The van der Waals surface area contributed by atoms with Gasteiger partial charge < -0.3 is 9.63 Å².